The fraction of sp³-hybridized carbons (Fsp3) is 0.500. The van der Waals surface area contributed by atoms with Crippen LogP contribution in [0, 0.1) is 0 Å². The van der Waals surface area contributed by atoms with Crippen LogP contribution in [0.4, 0.5) is 0 Å². The average Bonchev–Trinajstić information content (AvgIpc) is 2.98. The Bertz CT molecular complexity index is 512. The Labute approximate surface area is 133 Å². The molecule has 21 heavy (non-hydrogen) atoms. The Morgan fingerprint density at radius 2 is 2.05 bits per heavy atom. The number of hydrogen-bond donors (Lipinski definition) is 0. The van der Waals surface area contributed by atoms with E-state index >= 15 is 0 Å². The maximum Gasteiger partial charge on any atom is 0.325 e. The van der Waals surface area contributed by atoms with E-state index < -0.39 is 0 Å². The van der Waals surface area contributed by atoms with Gasteiger partial charge in [-0.3, -0.25) is 9.59 Å². The summed E-state index contributed by atoms with van der Waals surface area (Å²) in [4.78, 5) is 25.8. The summed E-state index contributed by atoms with van der Waals surface area (Å²) < 4.78 is 5.67. The predicted molar refractivity (Wildman–Crippen MR) is 83.8 cm³/mol. The number of nitrogens with zero attached hydrogens (tertiary/aromatic N) is 1. The lowest BCUT2D eigenvalue weighted by Crippen LogP contribution is -2.43. The first kappa shape index (κ1) is 16.0. The maximum absolute atomic E-state index is 12.6. The Hall–Kier alpha value is -1.36. The summed E-state index contributed by atoms with van der Waals surface area (Å²) in [5.74, 6) is -0.366. The normalized spacial score (nSPS) is 15.0. The van der Waals surface area contributed by atoms with Crippen molar-refractivity contribution in [3.63, 3.8) is 0 Å². The van der Waals surface area contributed by atoms with E-state index in [9.17, 15) is 9.59 Å². The summed E-state index contributed by atoms with van der Waals surface area (Å²) >= 11 is 3.41. The second-order valence-electron chi connectivity index (χ2n) is 5.34. The van der Waals surface area contributed by atoms with Crippen LogP contribution in [0.3, 0.4) is 0 Å². The number of carbonyl (C=O) groups is 2. The molecule has 114 valence electrons. The van der Waals surface area contributed by atoms with Gasteiger partial charge in [-0.25, -0.2) is 0 Å². The first-order valence-electron chi connectivity index (χ1n) is 7.21. The highest BCUT2D eigenvalue weighted by molar-refractivity contribution is 9.10. The Morgan fingerprint density at radius 1 is 1.33 bits per heavy atom. The highest BCUT2D eigenvalue weighted by atomic mass is 79.9. The smallest absolute Gasteiger partial charge is 0.325 e. The summed E-state index contributed by atoms with van der Waals surface area (Å²) in [7, 11) is 1.36. The van der Waals surface area contributed by atoms with Crippen LogP contribution in [-0.4, -0.2) is 36.5 Å². The van der Waals surface area contributed by atoms with E-state index in [2.05, 4.69) is 15.9 Å². The van der Waals surface area contributed by atoms with Crippen LogP contribution < -0.4 is 0 Å². The molecule has 0 atom stereocenters. The van der Waals surface area contributed by atoms with Crippen molar-refractivity contribution >= 4 is 27.8 Å². The zero-order valence-electron chi connectivity index (χ0n) is 12.2. The Balaban J connectivity index is 2.07. The van der Waals surface area contributed by atoms with Crippen LogP contribution in [-0.2, 0) is 20.7 Å². The molecule has 1 aromatic rings. The molecule has 0 aliphatic heterocycles. The van der Waals surface area contributed by atoms with E-state index in [-0.39, 0.29) is 24.5 Å². The maximum atomic E-state index is 12.6. The van der Waals surface area contributed by atoms with Crippen molar-refractivity contribution in [1.82, 2.24) is 4.90 Å². The van der Waals surface area contributed by atoms with E-state index in [1.807, 2.05) is 24.3 Å². The largest absolute Gasteiger partial charge is 0.468 e. The van der Waals surface area contributed by atoms with Crippen molar-refractivity contribution in [2.45, 2.75) is 38.1 Å². The monoisotopic (exact) mass is 353 g/mol. The highest BCUT2D eigenvalue weighted by Crippen LogP contribution is 2.24. The molecule has 1 saturated carbocycles. The number of methoxy groups -OCH3 is 1. The predicted octanol–water partition coefficient (Wildman–Crippen LogP) is 2.94. The number of benzene rings is 1. The number of hydrogen-bond acceptors (Lipinski definition) is 3. The molecule has 0 spiro atoms. The van der Waals surface area contributed by atoms with Crippen molar-refractivity contribution in [2.75, 3.05) is 13.7 Å². The average molecular weight is 354 g/mol. The van der Waals surface area contributed by atoms with Crippen molar-refractivity contribution in [3.8, 4) is 0 Å². The molecule has 1 aliphatic rings. The molecule has 0 radical (unpaired) electrons. The zero-order valence-corrected chi connectivity index (χ0v) is 13.8. The standard InChI is InChI=1S/C16H20BrNO3/c1-21-16(20)11-18(14-7-2-3-8-14)15(19)10-12-5-4-6-13(17)9-12/h4-6,9,14H,2-3,7-8,10-11H2,1H3. The van der Waals surface area contributed by atoms with Crippen LogP contribution in [0.25, 0.3) is 0 Å². The van der Waals surface area contributed by atoms with Crippen molar-refractivity contribution < 1.29 is 14.3 Å². The number of carbonyl (C=O) groups excluding carboxylic acids is 2. The molecule has 1 aromatic carbocycles. The number of rotatable bonds is 5. The molecular weight excluding hydrogens is 334 g/mol. The quantitative estimate of drug-likeness (QED) is 0.764. The van der Waals surface area contributed by atoms with Gasteiger partial charge in [0.05, 0.1) is 13.5 Å². The van der Waals surface area contributed by atoms with Gasteiger partial charge in [-0.15, -0.1) is 0 Å². The van der Waals surface area contributed by atoms with Crippen molar-refractivity contribution in [3.05, 3.63) is 34.3 Å². The molecule has 1 fully saturated rings. The Kier molecular flexibility index (Phi) is 5.79. The molecule has 5 heteroatoms. The third kappa shape index (κ3) is 4.56. The third-order valence-corrected chi connectivity index (χ3v) is 4.35. The first-order valence-corrected chi connectivity index (χ1v) is 8.00. The molecule has 0 aromatic heterocycles. The SMILES string of the molecule is COC(=O)CN(C(=O)Cc1cccc(Br)c1)C1CCCC1. The Morgan fingerprint density at radius 3 is 2.67 bits per heavy atom. The fourth-order valence-electron chi connectivity index (χ4n) is 2.76. The van der Waals surface area contributed by atoms with Gasteiger partial charge in [0.1, 0.15) is 6.54 Å². The van der Waals surface area contributed by atoms with Gasteiger partial charge in [0.2, 0.25) is 5.91 Å². The lowest BCUT2D eigenvalue weighted by Gasteiger charge is -2.28. The van der Waals surface area contributed by atoms with Gasteiger partial charge in [-0.2, -0.15) is 0 Å². The van der Waals surface area contributed by atoms with Crippen molar-refractivity contribution in [2.24, 2.45) is 0 Å². The summed E-state index contributed by atoms with van der Waals surface area (Å²) in [6.07, 6.45) is 4.49. The van der Waals surface area contributed by atoms with Crippen molar-refractivity contribution in [1.29, 1.82) is 0 Å². The molecule has 0 bridgehead atoms. The summed E-state index contributed by atoms with van der Waals surface area (Å²) in [5, 5.41) is 0. The molecule has 4 nitrogen and oxygen atoms in total. The number of esters is 1. The summed E-state index contributed by atoms with van der Waals surface area (Å²) in [6.45, 7) is 0.0496. The highest BCUT2D eigenvalue weighted by Gasteiger charge is 2.28. The van der Waals surface area contributed by atoms with Gasteiger partial charge in [0.15, 0.2) is 0 Å². The van der Waals surface area contributed by atoms with Gasteiger partial charge in [-0.05, 0) is 30.5 Å². The van der Waals surface area contributed by atoms with E-state index in [1.54, 1.807) is 4.90 Å². The van der Waals surface area contributed by atoms with E-state index in [1.165, 1.54) is 7.11 Å². The minimum Gasteiger partial charge on any atom is -0.468 e. The summed E-state index contributed by atoms with van der Waals surface area (Å²) in [6, 6.07) is 7.87. The van der Waals surface area contributed by atoms with Gasteiger partial charge >= 0.3 is 5.97 Å². The molecule has 1 amide bonds. The lowest BCUT2D eigenvalue weighted by molar-refractivity contribution is -0.148. The second kappa shape index (κ2) is 7.59. The van der Waals surface area contributed by atoms with Crippen LogP contribution in [0.2, 0.25) is 0 Å². The molecule has 1 aliphatic carbocycles. The summed E-state index contributed by atoms with van der Waals surface area (Å²) in [5.41, 5.74) is 0.947. The third-order valence-electron chi connectivity index (χ3n) is 3.86. The molecule has 2 rings (SSSR count). The minimum absolute atomic E-state index is 0.00889. The van der Waals surface area contributed by atoms with Crippen LogP contribution in [0.5, 0.6) is 0 Å². The lowest BCUT2D eigenvalue weighted by atomic mass is 10.1. The van der Waals surface area contributed by atoms with Crippen LogP contribution in [0.15, 0.2) is 28.7 Å². The van der Waals surface area contributed by atoms with E-state index in [4.69, 9.17) is 4.74 Å². The van der Waals surface area contributed by atoms with Gasteiger partial charge in [0.25, 0.3) is 0 Å². The number of ether oxygens (including phenoxy) is 1. The van der Waals surface area contributed by atoms with Gasteiger partial charge < -0.3 is 9.64 Å². The molecule has 0 unspecified atom stereocenters. The molecule has 0 heterocycles. The van der Waals surface area contributed by atoms with Gasteiger partial charge in [-0.1, -0.05) is 40.9 Å². The molecule has 0 saturated heterocycles. The fourth-order valence-corrected chi connectivity index (χ4v) is 3.21. The van der Waals surface area contributed by atoms with E-state index in [0.29, 0.717) is 6.42 Å². The molecular formula is C16H20BrNO3. The number of halogens is 1. The zero-order chi connectivity index (χ0) is 15.2. The van der Waals surface area contributed by atoms with Gasteiger partial charge in [0, 0.05) is 10.5 Å². The molecule has 0 N–H and O–H groups in total. The topological polar surface area (TPSA) is 46.6 Å². The number of amides is 1. The van der Waals surface area contributed by atoms with Crippen LogP contribution >= 0.6 is 15.9 Å². The first-order chi connectivity index (χ1) is 10.1. The minimum atomic E-state index is -0.357. The van der Waals surface area contributed by atoms with E-state index in [0.717, 1.165) is 35.7 Å². The second-order valence-corrected chi connectivity index (χ2v) is 6.26. The van der Waals surface area contributed by atoms with Crippen LogP contribution in [0.1, 0.15) is 31.2 Å².